The van der Waals surface area contributed by atoms with Gasteiger partial charge >= 0.3 is 5.97 Å². The summed E-state index contributed by atoms with van der Waals surface area (Å²) in [4.78, 5) is 25.5. The molecule has 108 valence electrons. The summed E-state index contributed by atoms with van der Waals surface area (Å²) in [5, 5.41) is 12.5. The van der Waals surface area contributed by atoms with Crippen LogP contribution in [0, 0.1) is 0 Å². The predicted octanol–water partition coefficient (Wildman–Crippen LogP) is 1.28. The van der Waals surface area contributed by atoms with Gasteiger partial charge in [-0.15, -0.1) is 11.8 Å². The Labute approximate surface area is 118 Å². The van der Waals surface area contributed by atoms with E-state index in [9.17, 15) is 14.7 Å². The molecule has 2 aliphatic rings. The van der Waals surface area contributed by atoms with Crippen LogP contribution in [0.1, 0.15) is 39.0 Å². The standard InChI is InChI=1S/C13H22N2O3S/c1-2-5-11-15(10(8-19-11)13(17)18)12(16)9-6-3-4-7-14-9/h9-11,14H,2-8H2,1H3,(H,17,18)/t9-,10?,11?/m0/s1. The maximum absolute atomic E-state index is 12.6. The summed E-state index contributed by atoms with van der Waals surface area (Å²) >= 11 is 1.60. The molecule has 1 amide bonds. The zero-order valence-corrected chi connectivity index (χ0v) is 12.1. The lowest BCUT2D eigenvalue weighted by Crippen LogP contribution is -2.54. The van der Waals surface area contributed by atoms with Crippen LogP contribution in [0.3, 0.4) is 0 Å². The number of nitrogens with zero attached hydrogens (tertiary/aromatic N) is 1. The maximum Gasteiger partial charge on any atom is 0.327 e. The van der Waals surface area contributed by atoms with Crippen molar-refractivity contribution in [2.75, 3.05) is 12.3 Å². The molecular formula is C13H22N2O3S. The first-order chi connectivity index (χ1) is 9.15. The molecule has 0 radical (unpaired) electrons. The van der Waals surface area contributed by atoms with E-state index in [1.165, 1.54) is 0 Å². The lowest BCUT2D eigenvalue weighted by Gasteiger charge is -2.32. The minimum atomic E-state index is -0.879. The Morgan fingerprint density at radius 1 is 1.42 bits per heavy atom. The fraction of sp³-hybridized carbons (Fsp3) is 0.846. The van der Waals surface area contributed by atoms with Gasteiger partial charge in [0.1, 0.15) is 6.04 Å². The minimum Gasteiger partial charge on any atom is -0.480 e. The smallest absolute Gasteiger partial charge is 0.327 e. The largest absolute Gasteiger partial charge is 0.480 e. The van der Waals surface area contributed by atoms with E-state index in [4.69, 9.17) is 0 Å². The molecule has 5 nitrogen and oxygen atoms in total. The van der Waals surface area contributed by atoms with Gasteiger partial charge in [-0.25, -0.2) is 4.79 Å². The van der Waals surface area contributed by atoms with Gasteiger partial charge in [0.05, 0.1) is 11.4 Å². The van der Waals surface area contributed by atoms with Crippen molar-refractivity contribution in [2.45, 2.75) is 56.5 Å². The summed E-state index contributed by atoms with van der Waals surface area (Å²) < 4.78 is 0. The van der Waals surface area contributed by atoms with Gasteiger partial charge in [0.15, 0.2) is 0 Å². The van der Waals surface area contributed by atoms with Crippen molar-refractivity contribution in [2.24, 2.45) is 0 Å². The Balaban J connectivity index is 2.10. The van der Waals surface area contributed by atoms with Crippen LogP contribution < -0.4 is 5.32 Å². The third-order valence-corrected chi connectivity index (χ3v) is 5.13. The first-order valence-corrected chi connectivity index (χ1v) is 8.10. The van der Waals surface area contributed by atoms with Crippen molar-refractivity contribution in [3.8, 4) is 0 Å². The number of hydrogen-bond acceptors (Lipinski definition) is 4. The molecule has 2 N–H and O–H groups in total. The second-order valence-electron chi connectivity index (χ2n) is 5.18. The van der Waals surface area contributed by atoms with Gasteiger partial charge in [0.25, 0.3) is 0 Å². The van der Waals surface area contributed by atoms with Crippen LogP contribution in [0.25, 0.3) is 0 Å². The van der Waals surface area contributed by atoms with Crippen molar-refractivity contribution in [1.29, 1.82) is 0 Å². The van der Waals surface area contributed by atoms with Crippen molar-refractivity contribution >= 4 is 23.6 Å². The summed E-state index contributed by atoms with van der Waals surface area (Å²) in [7, 11) is 0. The highest BCUT2D eigenvalue weighted by Gasteiger charge is 2.43. The van der Waals surface area contributed by atoms with Gasteiger partial charge in [-0.3, -0.25) is 4.79 Å². The Morgan fingerprint density at radius 3 is 2.79 bits per heavy atom. The third-order valence-electron chi connectivity index (χ3n) is 3.78. The molecule has 2 unspecified atom stereocenters. The lowest BCUT2D eigenvalue weighted by atomic mass is 10.0. The number of carbonyl (C=O) groups is 2. The number of carboxylic acids is 1. The fourth-order valence-corrected chi connectivity index (χ4v) is 4.28. The number of nitrogens with one attached hydrogen (secondary N) is 1. The number of carbonyl (C=O) groups excluding carboxylic acids is 1. The molecule has 0 aromatic rings. The number of hydrogen-bond donors (Lipinski definition) is 2. The molecule has 0 aromatic heterocycles. The van der Waals surface area contributed by atoms with E-state index in [2.05, 4.69) is 12.2 Å². The molecule has 6 heteroatoms. The SMILES string of the molecule is CCCC1SCC(C(=O)O)N1C(=O)[C@@H]1CCCCN1. The average molecular weight is 286 g/mol. The van der Waals surface area contributed by atoms with Crippen LogP contribution >= 0.6 is 11.8 Å². The normalized spacial score (nSPS) is 31.4. The summed E-state index contributed by atoms with van der Waals surface area (Å²) in [5.74, 6) is -0.385. The molecule has 2 heterocycles. The number of rotatable bonds is 4. The molecule has 2 saturated heterocycles. The quantitative estimate of drug-likeness (QED) is 0.815. The number of carboxylic acid groups (broad SMARTS) is 1. The molecule has 0 saturated carbocycles. The lowest BCUT2D eigenvalue weighted by molar-refractivity contribution is -0.150. The predicted molar refractivity (Wildman–Crippen MR) is 75.1 cm³/mol. The fourth-order valence-electron chi connectivity index (χ4n) is 2.76. The van der Waals surface area contributed by atoms with Gasteiger partial charge in [0.2, 0.25) is 5.91 Å². The minimum absolute atomic E-state index is 0.0180. The zero-order valence-electron chi connectivity index (χ0n) is 11.3. The molecule has 0 spiro atoms. The van der Waals surface area contributed by atoms with Gasteiger partial charge in [-0.2, -0.15) is 0 Å². The maximum atomic E-state index is 12.6. The highest BCUT2D eigenvalue weighted by Crippen LogP contribution is 2.33. The van der Waals surface area contributed by atoms with Crippen LogP contribution in [0.2, 0.25) is 0 Å². The first kappa shape index (κ1) is 14.7. The van der Waals surface area contributed by atoms with Crippen molar-refractivity contribution in [3.05, 3.63) is 0 Å². The number of aliphatic carboxylic acids is 1. The highest BCUT2D eigenvalue weighted by molar-refractivity contribution is 8.00. The van der Waals surface area contributed by atoms with E-state index >= 15 is 0 Å². The zero-order chi connectivity index (χ0) is 13.8. The van der Waals surface area contributed by atoms with Crippen LogP contribution in [0.5, 0.6) is 0 Å². The number of piperidine rings is 1. The topological polar surface area (TPSA) is 69.6 Å². The monoisotopic (exact) mass is 286 g/mol. The molecule has 2 rings (SSSR count). The molecule has 0 aliphatic carbocycles. The Kier molecular flexibility index (Phi) is 5.10. The van der Waals surface area contributed by atoms with E-state index in [1.54, 1.807) is 16.7 Å². The summed E-state index contributed by atoms with van der Waals surface area (Å²) in [6.45, 7) is 2.92. The molecule has 3 atom stereocenters. The van der Waals surface area contributed by atoms with Crippen LogP contribution in [0.15, 0.2) is 0 Å². The molecule has 0 aromatic carbocycles. The summed E-state index contributed by atoms with van der Waals surface area (Å²) in [6, 6.07) is -0.841. The van der Waals surface area contributed by atoms with Crippen molar-refractivity contribution in [3.63, 3.8) is 0 Å². The highest BCUT2D eigenvalue weighted by atomic mass is 32.2. The van der Waals surface area contributed by atoms with E-state index in [1.807, 2.05) is 0 Å². The first-order valence-electron chi connectivity index (χ1n) is 7.05. The molecule has 2 fully saturated rings. The number of thioether (sulfide) groups is 1. The van der Waals surface area contributed by atoms with E-state index in [0.717, 1.165) is 38.6 Å². The Bertz CT molecular complexity index is 345. The van der Waals surface area contributed by atoms with Crippen LogP contribution in [-0.4, -0.2) is 51.6 Å². The van der Waals surface area contributed by atoms with E-state index in [0.29, 0.717) is 5.75 Å². The Hall–Kier alpha value is -0.750. The summed E-state index contributed by atoms with van der Waals surface area (Å²) in [6.07, 6.45) is 4.80. The van der Waals surface area contributed by atoms with E-state index < -0.39 is 12.0 Å². The van der Waals surface area contributed by atoms with Gasteiger partial charge in [-0.1, -0.05) is 19.8 Å². The second-order valence-corrected chi connectivity index (χ2v) is 6.39. The third kappa shape index (κ3) is 3.23. The molecule has 19 heavy (non-hydrogen) atoms. The van der Waals surface area contributed by atoms with Gasteiger partial charge in [-0.05, 0) is 25.8 Å². The summed E-state index contributed by atoms with van der Waals surface area (Å²) in [5.41, 5.74) is 0. The molecule has 0 bridgehead atoms. The van der Waals surface area contributed by atoms with Crippen LogP contribution in [-0.2, 0) is 9.59 Å². The van der Waals surface area contributed by atoms with Gasteiger partial charge in [0, 0.05) is 5.75 Å². The molecular weight excluding hydrogens is 264 g/mol. The Morgan fingerprint density at radius 2 is 2.21 bits per heavy atom. The molecule has 2 aliphatic heterocycles. The number of amides is 1. The van der Waals surface area contributed by atoms with Gasteiger partial charge < -0.3 is 15.3 Å². The van der Waals surface area contributed by atoms with Crippen molar-refractivity contribution < 1.29 is 14.7 Å². The second kappa shape index (κ2) is 6.61. The van der Waals surface area contributed by atoms with E-state index in [-0.39, 0.29) is 17.3 Å². The average Bonchev–Trinajstić information content (AvgIpc) is 2.83. The van der Waals surface area contributed by atoms with Crippen molar-refractivity contribution in [1.82, 2.24) is 10.2 Å². The van der Waals surface area contributed by atoms with Crippen LogP contribution in [0.4, 0.5) is 0 Å².